The van der Waals surface area contributed by atoms with Crippen LogP contribution < -0.4 is 5.73 Å². The monoisotopic (exact) mass is 303 g/mol. The summed E-state index contributed by atoms with van der Waals surface area (Å²) in [6, 6.07) is 6.58. The van der Waals surface area contributed by atoms with Gasteiger partial charge in [-0.15, -0.1) is 0 Å². The summed E-state index contributed by atoms with van der Waals surface area (Å²) < 4.78 is 13.8. The predicted molar refractivity (Wildman–Crippen MR) is 82.5 cm³/mol. The molecule has 21 heavy (non-hydrogen) atoms. The first-order valence-corrected chi connectivity index (χ1v) is 7.01. The lowest BCUT2D eigenvalue weighted by Gasteiger charge is -2.15. The lowest BCUT2D eigenvalue weighted by molar-refractivity contribution is 0.629. The maximum Gasteiger partial charge on any atom is 0.142 e. The van der Waals surface area contributed by atoms with Crippen molar-refractivity contribution in [2.75, 3.05) is 5.73 Å². The zero-order valence-corrected chi connectivity index (χ0v) is 12.6. The highest BCUT2D eigenvalue weighted by Gasteiger charge is 2.18. The van der Waals surface area contributed by atoms with Crippen LogP contribution in [0.3, 0.4) is 0 Å². The Labute approximate surface area is 128 Å². The van der Waals surface area contributed by atoms with Crippen molar-refractivity contribution in [1.82, 2.24) is 4.98 Å². The van der Waals surface area contributed by atoms with Gasteiger partial charge in [-0.05, 0) is 36.6 Å². The molecular weight excluding hydrogens is 289 g/mol. The van der Waals surface area contributed by atoms with E-state index < -0.39 is 5.82 Å². The number of nitrogens with zero attached hydrogens (tertiary/aromatic N) is 2. The van der Waals surface area contributed by atoms with Crippen molar-refractivity contribution >= 4 is 17.4 Å². The molecule has 1 heterocycles. The molecule has 0 bridgehead atoms. The van der Waals surface area contributed by atoms with E-state index in [1.807, 2.05) is 13.8 Å². The molecule has 1 aromatic heterocycles. The fourth-order valence-electron chi connectivity index (χ4n) is 2.40. The van der Waals surface area contributed by atoms with E-state index in [0.29, 0.717) is 11.1 Å². The van der Waals surface area contributed by atoms with Crippen molar-refractivity contribution in [1.29, 1.82) is 5.26 Å². The van der Waals surface area contributed by atoms with E-state index in [0.717, 1.165) is 24.1 Å². The number of hydrogen-bond acceptors (Lipinski definition) is 3. The summed E-state index contributed by atoms with van der Waals surface area (Å²) in [7, 11) is 0. The molecular formula is C16H15ClFN3. The van der Waals surface area contributed by atoms with Gasteiger partial charge in [-0.3, -0.25) is 0 Å². The molecule has 0 saturated carbocycles. The molecule has 2 N–H and O–H groups in total. The fraction of sp³-hybridized carbons (Fsp3) is 0.250. The Morgan fingerprint density at radius 2 is 2.14 bits per heavy atom. The minimum absolute atomic E-state index is 0.0491. The molecule has 0 amide bonds. The number of rotatable bonds is 3. The quantitative estimate of drug-likeness (QED) is 0.921. The highest BCUT2D eigenvalue weighted by molar-refractivity contribution is 6.30. The molecule has 2 aromatic rings. The van der Waals surface area contributed by atoms with Gasteiger partial charge >= 0.3 is 0 Å². The number of anilines is 1. The second-order valence-electron chi connectivity index (χ2n) is 4.80. The van der Waals surface area contributed by atoms with Gasteiger partial charge in [0.15, 0.2) is 0 Å². The number of nitrogens with two attached hydrogens (primary N) is 1. The smallest absolute Gasteiger partial charge is 0.142 e. The van der Waals surface area contributed by atoms with Gasteiger partial charge in [0.1, 0.15) is 23.3 Å². The summed E-state index contributed by atoms with van der Waals surface area (Å²) in [4.78, 5) is 4.22. The zero-order valence-electron chi connectivity index (χ0n) is 11.9. The molecule has 0 radical (unpaired) electrons. The van der Waals surface area contributed by atoms with Crippen molar-refractivity contribution < 1.29 is 4.39 Å². The van der Waals surface area contributed by atoms with Crippen LogP contribution in [0.4, 0.5) is 10.2 Å². The summed E-state index contributed by atoms with van der Waals surface area (Å²) >= 11 is 5.73. The zero-order chi connectivity index (χ0) is 15.6. The lowest BCUT2D eigenvalue weighted by Crippen LogP contribution is -2.05. The molecule has 5 heteroatoms. The number of halogens is 2. The van der Waals surface area contributed by atoms with Crippen LogP contribution in [0.25, 0.3) is 11.1 Å². The second-order valence-corrected chi connectivity index (χ2v) is 5.21. The van der Waals surface area contributed by atoms with E-state index in [1.165, 1.54) is 12.1 Å². The van der Waals surface area contributed by atoms with Crippen molar-refractivity contribution in [2.24, 2.45) is 0 Å². The summed E-state index contributed by atoms with van der Waals surface area (Å²) in [6.45, 7) is 3.88. The third-order valence-corrected chi connectivity index (χ3v) is 3.66. The van der Waals surface area contributed by atoms with Crippen LogP contribution in [0.15, 0.2) is 18.2 Å². The van der Waals surface area contributed by atoms with E-state index in [2.05, 4.69) is 11.1 Å². The van der Waals surface area contributed by atoms with Gasteiger partial charge in [0.05, 0.1) is 5.02 Å². The Bertz CT molecular complexity index is 735. The Morgan fingerprint density at radius 3 is 2.71 bits per heavy atom. The van der Waals surface area contributed by atoms with E-state index in [9.17, 15) is 9.65 Å². The van der Waals surface area contributed by atoms with Crippen LogP contribution in [0.5, 0.6) is 0 Å². The Balaban J connectivity index is 2.81. The van der Waals surface area contributed by atoms with Gasteiger partial charge < -0.3 is 5.73 Å². The SMILES string of the molecule is CCCc1c(C)nc(N)c(C#N)c1-c1ccc(Cl)c(F)c1. The third kappa shape index (κ3) is 2.84. The molecule has 0 fully saturated rings. The molecule has 0 saturated heterocycles. The fourth-order valence-corrected chi connectivity index (χ4v) is 2.52. The first kappa shape index (κ1) is 15.3. The summed E-state index contributed by atoms with van der Waals surface area (Å²) in [5.41, 5.74) is 9.06. The number of nitriles is 1. The first-order chi connectivity index (χ1) is 9.99. The average molecular weight is 304 g/mol. The molecule has 0 aliphatic carbocycles. The molecule has 2 rings (SSSR count). The number of pyridine rings is 1. The largest absolute Gasteiger partial charge is 0.383 e. The van der Waals surface area contributed by atoms with E-state index in [1.54, 1.807) is 6.07 Å². The van der Waals surface area contributed by atoms with Gasteiger partial charge in [-0.25, -0.2) is 9.37 Å². The number of aryl methyl sites for hydroxylation is 1. The van der Waals surface area contributed by atoms with Gasteiger partial charge in [0.25, 0.3) is 0 Å². The van der Waals surface area contributed by atoms with Crippen molar-refractivity contribution in [2.45, 2.75) is 26.7 Å². The van der Waals surface area contributed by atoms with Crippen LogP contribution >= 0.6 is 11.6 Å². The van der Waals surface area contributed by atoms with E-state index in [-0.39, 0.29) is 16.4 Å². The van der Waals surface area contributed by atoms with Gasteiger partial charge in [0.2, 0.25) is 0 Å². The van der Waals surface area contributed by atoms with Crippen molar-refractivity contribution in [3.8, 4) is 17.2 Å². The van der Waals surface area contributed by atoms with Crippen LogP contribution in [-0.4, -0.2) is 4.98 Å². The topological polar surface area (TPSA) is 62.7 Å². The number of nitrogen functional groups attached to an aromatic ring is 1. The third-order valence-electron chi connectivity index (χ3n) is 3.35. The molecule has 0 atom stereocenters. The van der Waals surface area contributed by atoms with Gasteiger partial charge in [0, 0.05) is 11.3 Å². The molecule has 0 aliphatic heterocycles. The normalized spacial score (nSPS) is 10.4. The Morgan fingerprint density at radius 1 is 1.43 bits per heavy atom. The van der Waals surface area contributed by atoms with Crippen LogP contribution in [0.2, 0.25) is 5.02 Å². The molecule has 0 spiro atoms. The van der Waals surface area contributed by atoms with Crippen LogP contribution in [0.1, 0.15) is 30.2 Å². The highest BCUT2D eigenvalue weighted by atomic mass is 35.5. The maximum atomic E-state index is 13.8. The summed E-state index contributed by atoms with van der Waals surface area (Å²) in [5, 5.41) is 9.43. The van der Waals surface area contributed by atoms with Crippen molar-refractivity contribution in [3.63, 3.8) is 0 Å². The number of benzene rings is 1. The maximum absolute atomic E-state index is 13.8. The Kier molecular flexibility index (Phi) is 4.44. The molecule has 0 unspecified atom stereocenters. The second kappa shape index (κ2) is 6.11. The lowest BCUT2D eigenvalue weighted by atomic mass is 9.92. The van der Waals surface area contributed by atoms with Gasteiger partial charge in [-0.1, -0.05) is 31.0 Å². The summed E-state index contributed by atoms with van der Waals surface area (Å²) in [5.74, 6) is -0.353. The minimum atomic E-state index is -0.520. The van der Waals surface area contributed by atoms with Crippen molar-refractivity contribution in [3.05, 3.63) is 45.9 Å². The predicted octanol–water partition coefficient (Wildman–Crippen LogP) is 4.26. The van der Waals surface area contributed by atoms with E-state index in [4.69, 9.17) is 17.3 Å². The molecule has 1 aromatic carbocycles. The molecule has 108 valence electrons. The summed E-state index contributed by atoms with van der Waals surface area (Å²) in [6.07, 6.45) is 1.63. The van der Waals surface area contributed by atoms with Gasteiger partial charge in [-0.2, -0.15) is 5.26 Å². The average Bonchev–Trinajstić information content (AvgIpc) is 2.44. The molecule has 3 nitrogen and oxygen atoms in total. The standard InChI is InChI=1S/C16H15ClFN3/c1-3-4-11-9(2)21-16(20)12(8-19)15(11)10-5-6-13(17)14(18)7-10/h5-7H,3-4H2,1-2H3,(H2,20,21). The molecule has 0 aliphatic rings. The first-order valence-electron chi connectivity index (χ1n) is 6.64. The number of aromatic nitrogens is 1. The minimum Gasteiger partial charge on any atom is -0.383 e. The van der Waals surface area contributed by atoms with E-state index >= 15 is 0 Å². The highest BCUT2D eigenvalue weighted by Crippen LogP contribution is 2.34. The van der Waals surface area contributed by atoms with Crippen LogP contribution in [0, 0.1) is 24.1 Å². The number of hydrogen-bond donors (Lipinski definition) is 1. The van der Waals surface area contributed by atoms with Crippen LogP contribution in [-0.2, 0) is 6.42 Å². The Hall–Kier alpha value is -2.12.